The van der Waals surface area contributed by atoms with Gasteiger partial charge in [0.05, 0.1) is 6.26 Å². The molecule has 1 aromatic heterocycles. The number of fused-ring (bicyclic) bond motifs is 1. The van der Waals surface area contributed by atoms with Crippen LogP contribution >= 0.6 is 0 Å². The van der Waals surface area contributed by atoms with Crippen LogP contribution in [0.25, 0.3) is 11.0 Å². The van der Waals surface area contributed by atoms with E-state index in [1.165, 1.54) is 88.4 Å². The lowest BCUT2D eigenvalue weighted by atomic mass is 9.73. The number of benzene rings is 1. The number of nitrogens with zero attached hydrogens (tertiary/aromatic N) is 1. The molecule has 1 amide bonds. The third-order valence-corrected chi connectivity index (χ3v) is 8.25. The first kappa shape index (κ1) is 20.1. The van der Waals surface area contributed by atoms with Crippen molar-refractivity contribution in [3.8, 4) is 0 Å². The van der Waals surface area contributed by atoms with Crippen LogP contribution < -0.4 is 5.73 Å². The van der Waals surface area contributed by atoms with Crippen LogP contribution in [0.4, 0.5) is 0 Å². The molecule has 1 saturated heterocycles. The zero-order chi connectivity index (χ0) is 20.5. The Morgan fingerprint density at radius 1 is 1.00 bits per heavy atom. The molecule has 30 heavy (non-hydrogen) atoms. The summed E-state index contributed by atoms with van der Waals surface area (Å²) >= 11 is 0. The molecule has 0 spiro atoms. The largest absolute Gasteiger partial charge is 0.464 e. The van der Waals surface area contributed by atoms with Crippen LogP contribution in [0.15, 0.2) is 34.9 Å². The molecule has 162 valence electrons. The number of likely N-dealkylation sites (tertiary alicyclic amines) is 1. The zero-order valence-electron chi connectivity index (χ0n) is 18.1. The molecular weight excluding hydrogens is 372 g/mol. The molecule has 5 rings (SSSR count). The number of primary amides is 1. The van der Waals surface area contributed by atoms with E-state index in [0.717, 1.165) is 11.5 Å². The highest BCUT2D eigenvalue weighted by Gasteiger charge is 2.41. The predicted molar refractivity (Wildman–Crippen MR) is 120 cm³/mol. The minimum Gasteiger partial charge on any atom is -0.464 e. The van der Waals surface area contributed by atoms with E-state index in [1.807, 2.05) is 12.3 Å². The van der Waals surface area contributed by atoms with Crippen LogP contribution in [0.2, 0.25) is 0 Å². The first-order chi connectivity index (χ1) is 14.7. The van der Waals surface area contributed by atoms with Crippen LogP contribution in [-0.2, 0) is 4.79 Å². The standard InChI is InChI=1S/C26H36N2O2/c27-26(29)25(21-9-10-21)20-7-5-18(6-8-20)11-14-28-15-12-19(13-16-28)23-17-30-24-4-2-1-3-22(23)24/h1-4,17-21,25H,5-16H2,(H2,27,29). The van der Waals surface area contributed by atoms with Gasteiger partial charge in [-0.2, -0.15) is 0 Å². The summed E-state index contributed by atoms with van der Waals surface area (Å²) in [5.74, 6) is 2.78. The zero-order valence-corrected chi connectivity index (χ0v) is 18.1. The average molecular weight is 409 g/mol. The fourth-order valence-electron chi connectivity index (χ4n) is 6.29. The van der Waals surface area contributed by atoms with Gasteiger partial charge in [0.25, 0.3) is 0 Å². The summed E-state index contributed by atoms with van der Waals surface area (Å²) in [4.78, 5) is 14.6. The van der Waals surface area contributed by atoms with Crippen LogP contribution in [0.5, 0.6) is 0 Å². The Morgan fingerprint density at radius 2 is 1.67 bits per heavy atom. The van der Waals surface area contributed by atoms with Crippen molar-refractivity contribution in [1.29, 1.82) is 0 Å². The van der Waals surface area contributed by atoms with Gasteiger partial charge < -0.3 is 15.1 Å². The lowest BCUT2D eigenvalue weighted by molar-refractivity contribution is -0.124. The van der Waals surface area contributed by atoms with Crippen molar-refractivity contribution in [2.24, 2.45) is 29.4 Å². The Labute approximate surface area is 180 Å². The van der Waals surface area contributed by atoms with E-state index in [9.17, 15) is 4.79 Å². The van der Waals surface area contributed by atoms with E-state index < -0.39 is 0 Å². The normalized spacial score (nSPS) is 27.3. The molecule has 3 aliphatic rings. The number of hydrogen-bond donors (Lipinski definition) is 1. The van der Waals surface area contributed by atoms with Gasteiger partial charge in [0.2, 0.25) is 5.91 Å². The summed E-state index contributed by atoms with van der Waals surface area (Å²) in [6, 6.07) is 8.43. The number of piperidine rings is 1. The van der Waals surface area contributed by atoms with Crippen molar-refractivity contribution in [2.45, 2.75) is 63.7 Å². The Balaban J connectivity index is 1.06. The van der Waals surface area contributed by atoms with Crippen molar-refractivity contribution in [1.82, 2.24) is 4.90 Å². The molecule has 1 aromatic carbocycles. The van der Waals surface area contributed by atoms with E-state index in [-0.39, 0.29) is 11.8 Å². The second-order valence-electron chi connectivity index (χ2n) is 10.1. The van der Waals surface area contributed by atoms with Crippen molar-refractivity contribution < 1.29 is 9.21 Å². The van der Waals surface area contributed by atoms with Crippen LogP contribution in [0.1, 0.15) is 69.3 Å². The molecule has 4 heteroatoms. The molecule has 1 atom stereocenters. The molecule has 4 nitrogen and oxygen atoms in total. The minimum absolute atomic E-state index is 0.0331. The Hall–Kier alpha value is -1.81. The monoisotopic (exact) mass is 408 g/mol. The second-order valence-corrected chi connectivity index (χ2v) is 10.1. The molecule has 2 aromatic rings. The number of carbonyl (C=O) groups is 1. The second kappa shape index (κ2) is 8.74. The molecule has 0 bridgehead atoms. The SMILES string of the molecule is NC(=O)C(C1CCC(CCN2CCC(c3coc4ccccc34)CC2)CC1)C1CC1. The molecule has 1 unspecified atom stereocenters. The Bertz CT molecular complexity index is 855. The molecule has 0 radical (unpaired) electrons. The highest BCUT2D eigenvalue weighted by atomic mass is 16.3. The van der Waals surface area contributed by atoms with Gasteiger partial charge in [-0.1, -0.05) is 31.0 Å². The highest BCUT2D eigenvalue weighted by molar-refractivity contribution is 5.81. The molecule has 1 aliphatic heterocycles. The number of rotatable bonds is 7. The number of para-hydroxylation sites is 1. The van der Waals surface area contributed by atoms with Crippen LogP contribution in [-0.4, -0.2) is 30.4 Å². The lowest BCUT2D eigenvalue weighted by Crippen LogP contribution is -2.36. The fraction of sp³-hybridized carbons (Fsp3) is 0.654. The van der Waals surface area contributed by atoms with Gasteiger partial charge in [0, 0.05) is 16.9 Å². The summed E-state index contributed by atoms with van der Waals surface area (Å²) in [6.07, 6.45) is 13.2. The summed E-state index contributed by atoms with van der Waals surface area (Å²) in [5, 5.41) is 1.30. The molecule has 2 N–H and O–H groups in total. The Morgan fingerprint density at radius 3 is 2.33 bits per heavy atom. The molecule has 3 fully saturated rings. The molecule has 2 heterocycles. The van der Waals surface area contributed by atoms with Gasteiger partial charge >= 0.3 is 0 Å². The maximum atomic E-state index is 11.9. The average Bonchev–Trinajstić information content (AvgIpc) is 3.50. The van der Waals surface area contributed by atoms with E-state index in [0.29, 0.717) is 17.8 Å². The summed E-state index contributed by atoms with van der Waals surface area (Å²) in [6.45, 7) is 3.63. The van der Waals surface area contributed by atoms with E-state index >= 15 is 0 Å². The van der Waals surface area contributed by atoms with E-state index in [1.54, 1.807) is 0 Å². The summed E-state index contributed by atoms with van der Waals surface area (Å²) in [7, 11) is 0. The number of nitrogens with two attached hydrogens (primary N) is 1. The number of amides is 1. The Kier molecular flexibility index (Phi) is 5.86. The maximum Gasteiger partial charge on any atom is 0.221 e. The summed E-state index contributed by atoms with van der Waals surface area (Å²) < 4.78 is 5.77. The first-order valence-corrected chi connectivity index (χ1v) is 12.2. The van der Waals surface area contributed by atoms with Crippen molar-refractivity contribution in [2.75, 3.05) is 19.6 Å². The van der Waals surface area contributed by atoms with E-state index in [2.05, 4.69) is 23.1 Å². The molecular formula is C26H36N2O2. The van der Waals surface area contributed by atoms with Crippen LogP contribution in [0.3, 0.4) is 0 Å². The van der Waals surface area contributed by atoms with Gasteiger partial charge in [-0.25, -0.2) is 0 Å². The third-order valence-electron chi connectivity index (χ3n) is 8.25. The lowest BCUT2D eigenvalue weighted by Gasteiger charge is -2.35. The van der Waals surface area contributed by atoms with Crippen molar-refractivity contribution in [3.05, 3.63) is 36.1 Å². The van der Waals surface area contributed by atoms with Gasteiger partial charge in [0.1, 0.15) is 5.58 Å². The van der Waals surface area contributed by atoms with Gasteiger partial charge in [-0.05, 0) is 94.3 Å². The number of carbonyl (C=O) groups excluding carboxylic acids is 1. The fourth-order valence-corrected chi connectivity index (χ4v) is 6.29. The van der Waals surface area contributed by atoms with Gasteiger partial charge in [0.15, 0.2) is 0 Å². The number of furan rings is 1. The van der Waals surface area contributed by atoms with Gasteiger partial charge in [-0.3, -0.25) is 4.79 Å². The first-order valence-electron chi connectivity index (χ1n) is 12.2. The topological polar surface area (TPSA) is 59.5 Å². The maximum absolute atomic E-state index is 11.9. The smallest absolute Gasteiger partial charge is 0.221 e. The molecule has 2 aliphatic carbocycles. The summed E-state index contributed by atoms with van der Waals surface area (Å²) in [5.41, 5.74) is 8.15. The van der Waals surface area contributed by atoms with Crippen molar-refractivity contribution in [3.63, 3.8) is 0 Å². The predicted octanol–water partition coefficient (Wildman–Crippen LogP) is 5.32. The van der Waals surface area contributed by atoms with E-state index in [4.69, 9.17) is 10.2 Å². The molecule has 2 saturated carbocycles. The highest BCUT2D eigenvalue weighted by Crippen LogP contribution is 2.46. The van der Waals surface area contributed by atoms with Crippen molar-refractivity contribution >= 4 is 16.9 Å². The quantitative estimate of drug-likeness (QED) is 0.674. The minimum atomic E-state index is -0.0331. The third kappa shape index (κ3) is 4.30. The van der Waals surface area contributed by atoms with Crippen LogP contribution in [0, 0.1) is 23.7 Å². The van der Waals surface area contributed by atoms with Gasteiger partial charge in [-0.15, -0.1) is 0 Å². The number of hydrogen-bond acceptors (Lipinski definition) is 3.